The Labute approximate surface area is 98.3 Å². The fourth-order valence-electron chi connectivity index (χ4n) is 1.73. The quantitative estimate of drug-likeness (QED) is 0.614. The summed E-state index contributed by atoms with van der Waals surface area (Å²) in [6.45, 7) is 1.96. The van der Waals surface area contributed by atoms with Crippen molar-refractivity contribution in [2.24, 2.45) is 0 Å². The van der Waals surface area contributed by atoms with Crippen molar-refractivity contribution < 1.29 is 34.0 Å². The van der Waals surface area contributed by atoms with E-state index in [4.69, 9.17) is 19.3 Å². The van der Waals surface area contributed by atoms with E-state index in [1.54, 1.807) is 0 Å². The number of aliphatic hydroxyl groups excluding tert-OH is 2. The monoisotopic (exact) mass is 248 g/mol. The minimum atomic E-state index is -1.16. The number of carbonyl (C=O) groups is 2. The molecule has 98 valence electrons. The van der Waals surface area contributed by atoms with Gasteiger partial charge in [-0.15, -0.1) is 0 Å². The van der Waals surface area contributed by atoms with Gasteiger partial charge in [0, 0.05) is 20.3 Å². The smallest absolute Gasteiger partial charge is 0.303 e. The van der Waals surface area contributed by atoms with Crippen LogP contribution in [-0.2, 0) is 23.8 Å². The zero-order chi connectivity index (χ0) is 13.0. The minimum absolute atomic E-state index is 0.00593. The fourth-order valence-corrected chi connectivity index (χ4v) is 1.73. The molecular weight excluding hydrogens is 232 g/mol. The average Bonchev–Trinajstić information content (AvgIpc) is 2.20. The van der Waals surface area contributed by atoms with E-state index in [1.165, 1.54) is 13.8 Å². The van der Waals surface area contributed by atoms with Crippen molar-refractivity contribution in [1.29, 1.82) is 0 Å². The van der Waals surface area contributed by atoms with Crippen molar-refractivity contribution >= 4 is 11.9 Å². The molecule has 7 nitrogen and oxygen atoms in total. The van der Waals surface area contributed by atoms with Gasteiger partial charge in [0.05, 0.1) is 6.61 Å². The molecule has 1 heterocycles. The first kappa shape index (κ1) is 13.9. The van der Waals surface area contributed by atoms with E-state index in [1.807, 2.05) is 0 Å². The molecule has 0 radical (unpaired) electrons. The third kappa shape index (κ3) is 3.95. The third-order valence-electron chi connectivity index (χ3n) is 2.30. The molecule has 0 aromatic heterocycles. The molecule has 1 unspecified atom stereocenters. The summed E-state index contributed by atoms with van der Waals surface area (Å²) >= 11 is 0. The van der Waals surface area contributed by atoms with Gasteiger partial charge in [-0.05, 0) is 0 Å². The van der Waals surface area contributed by atoms with Crippen LogP contribution in [0, 0.1) is 0 Å². The van der Waals surface area contributed by atoms with E-state index in [0.717, 1.165) is 0 Å². The second-order valence-corrected chi connectivity index (χ2v) is 3.77. The molecule has 7 heteroatoms. The van der Waals surface area contributed by atoms with Crippen LogP contribution in [0.4, 0.5) is 0 Å². The first-order valence-corrected chi connectivity index (χ1v) is 5.23. The van der Waals surface area contributed by atoms with Crippen LogP contribution in [0.2, 0.25) is 0 Å². The molecule has 2 N–H and O–H groups in total. The number of rotatable bonds is 3. The van der Waals surface area contributed by atoms with E-state index in [-0.39, 0.29) is 6.42 Å². The van der Waals surface area contributed by atoms with Gasteiger partial charge in [-0.1, -0.05) is 0 Å². The molecule has 1 fully saturated rings. The summed E-state index contributed by atoms with van der Waals surface area (Å²) in [5, 5.41) is 18.5. The summed E-state index contributed by atoms with van der Waals surface area (Å²) in [7, 11) is 0. The van der Waals surface area contributed by atoms with Crippen LogP contribution in [0.3, 0.4) is 0 Å². The Hall–Kier alpha value is -1.18. The molecule has 0 saturated carbocycles. The van der Waals surface area contributed by atoms with E-state index in [2.05, 4.69) is 0 Å². The first-order valence-electron chi connectivity index (χ1n) is 5.23. The number of esters is 2. The number of hydrogen-bond acceptors (Lipinski definition) is 7. The first-order chi connectivity index (χ1) is 7.93. The van der Waals surface area contributed by atoms with Gasteiger partial charge in [-0.2, -0.15) is 0 Å². The van der Waals surface area contributed by atoms with Crippen LogP contribution >= 0.6 is 0 Å². The van der Waals surface area contributed by atoms with Crippen LogP contribution in [0.1, 0.15) is 20.3 Å². The number of ether oxygens (including phenoxy) is 3. The van der Waals surface area contributed by atoms with Crippen molar-refractivity contribution in [1.82, 2.24) is 0 Å². The zero-order valence-electron chi connectivity index (χ0n) is 9.66. The van der Waals surface area contributed by atoms with E-state index < -0.39 is 43.1 Å². The molecular formula is C10H16O7. The summed E-state index contributed by atoms with van der Waals surface area (Å²) in [4.78, 5) is 21.8. The minimum Gasteiger partial charge on any atom is -0.458 e. The Kier molecular flexibility index (Phi) is 4.86. The summed E-state index contributed by atoms with van der Waals surface area (Å²) in [6, 6.07) is 0. The Balaban J connectivity index is 2.78. The van der Waals surface area contributed by atoms with Crippen LogP contribution in [0.25, 0.3) is 0 Å². The lowest BCUT2D eigenvalue weighted by Gasteiger charge is -2.37. The predicted octanol–water partition coefficient (Wildman–Crippen LogP) is -1.05. The summed E-state index contributed by atoms with van der Waals surface area (Å²) in [6.07, 6.45) is -3.81. The van der Waals surface area contributed by atoms with E-state index in [9.17, 15) is 14.7 Å². The van der Waals surface area contributed by atoms with Gasteiger partial charge in [0.2, 0.25) is 0 Å². The van der Waals surface area contributed by atoms with E-state index in [0.29, 0.717) is 0 Å². The molecule has 1 rings (SSSR count). The molecule has 4 atom stereocenters. The number of aliphatic hydroxyl groups is 2. The topological polar surface area (TPSA) is 102 Å². The van der Waals surface area contributed by atoms with Crippen molar-refractivity contribution in [3.63, 3.8) is 0 Å². The van der Waals surface area contributed by atoms with Crippen LogP contribution in [0.15, 0.2) is 0 Å². The van der Waals surface area contributed by atoms with Gasteiger partial charge in [0.15, 0.2) is 12.4 Å². The molecule has 0 bridgehead atoms. The lowest BCUT2D eigenvalue weighted by atomic mass is 10.0. The average molecular weight is 248 g/mol. The van der Waals surface area contributed by atoms with Crippen molar-refractivity contribution in [3.8, 4) is 0 Å². The van der Waals surface area contributed by atoms with Gasteiger partial charge < -0.3 is 24.4 Å². The second-order valence-electron chi connectivity index (χ2n) is 3.77. The Morgan fingerprint density at radius 1 is 1.29 bits per heavy atom. The third-order valence-corrected chi connectivity index (χ3v) is 2.30. The van der Waals surface area contributed by atoms with Gasteiger partial charge in [-0.25, -0.2) is 0 Å². The van der Waals surface area contributed by atoms with Crippen LogP contribution in [0.5, 0.6) is 0 Å². The van der Waals surface area contributed by atoms with Gasteiger partial charge in [0.1, 0.15) is 12.2 Å². The second kappa shape index (κ2) is 5.95. The van der Waals surface area contributed by atoms with Gasteiger partial charge in [-0.3, -0.25) is 9.59 Å². The summed E-state index contributed by atoms with van der Waals surface area (Å²) in [5.74, 6) is -1.14. The molecule has 17 heavy (non-hydrogen) atoms. The highest BCUT2D eigenvalue weighted by atomic mass is 16.7. The SMILES string of the molecule is CC(=O)O[C@@H]1[C@@H](OC(C)=O)CC(O)O[C@H]1CO. The van der Waals surface area contributed by atoms with Crippen LogP contribution < -0.4 is 0 Å². The molecule has 0 aliphatic carbocycles. The standard InChI is InChI=1S/C10H16O7/c1-5(12)15-7-3-9(14)17-8(4-11)10(7)16-6(2)13/h7-11,14H,3-4H2,1-2H3/t7-,8-,9?,10+/m0/s1. The fraction of sp³-hybridized carbons (Fsp3) is 0.800. The number of hydrogen-bond donors (Lipinski definition) is 2. The number of carbonyl (C=O) groups excluding carboxylic acids is 2. The Bertz CT molecular complexity index is 290. The van der Waals surface area contributed by atoms with Crippen LogP contribution in [-0.4, -0.2) is 53.4 Å². The molecule has 0 aromatic rings. The summed E-state index contributed by atoms with van der Waals surface area (Å²) < 4.78 is 14.9. The maximum Gasteiger partial charge on any atom is 0.303 e. The molecule has 1 saturated heterocycles. The lowest BCUT2D eigenvalue weighted by Crippen LogP contribution is -2.53. The van der Waals surface area contributed by atoms with Crippen molar-refractivity contribution in [2.45, 2.75) is 44.9 Å². The predicted molar refractivity (Wildman–Crippen MR) is 53.7 cm³/mol. The van der Waals surface area contributed by atoms with Crippen molar-refractivity contribution in [3.05, 3.63) is 0 Å². The highest BCUT2D eigenvalue weighted by molar-refractivity contribution is 5.67. The molecule has 1 aliphatic rings. The van der Waals surface area contributed by atoms with Gasteiger partial charge >= 0.3 is 11.9 Å². The Morgan fingerprint density at radius 2 is 1.88 bits per heavy atom. The maximum atomic E-state index is 10.9. The molecule has 0 amide bonds. The normalized spacial score (nSPS) is 32.9. The van der Waals surface area contributed by atoms with E-state index >= 15 is 0 Å². The largest absolute Gasteiger partial charge is 0.458 e. The molecule has 0 aromatic carbocycles. The zero-order valence-corrected chi connectivity index (χ0v) is 9.66. The Morgan fingerprint density at radius 3 is 2.35 bits per heavy atom. The van der Waals surface area contributed by atoms with Crippen molar-refractivity contribution in [2.75, 3.05) is 6.61 Å². The highest BCUT2D eigenvalue weighted by Gasteiger charge is 2.42. The summed E-state index contributed by atoms with van der Waals surface area (Å²) in [5.41, 5.74) is 0. The molecule has 1 aliphatic heterocycles. The molecule has 0 spiro atoms. The highest BCUT2D eigenvalue weighted by Crippen LogP contribution is 2.24. The maximum absolute atomic E-state index is 10.9. The lowest BCUT2D eigenvalue weighted by molar-refractivity contribution is -0.251. The van der Waals surface area contributed by atoms with Gasteiger partial charge in [0.25, 0.3) is 0 Å².